The molecule has 0 spiro atoms. The van der Waals surface area contributed by atoms with Crippen LogP contribution in [0.5, 0.6) is 11.5 Å². The third-order valence-electron chi connectivity index (χ3n) is 3.94. The lowest BCUT2D eigenvalue weighted by atomic mass is 9.99. The van der Waals surface area contributed by atoms with E-state index in [1.165, 1.54) is 16.4 Å². The van der Waals surface area contributed by atoms with Gasteiger partial charge in [0.15, 0.2) is 11.5 Å². The van der Waals surface area contributed by atoms with E-state index in [2.05, 4.69) is 0 Å². The zero-order valence-electron chi connectivity index (χ0n) is 12.0. The van der Waals surface area contributed by atoms with E-state index < -0.39 is 21.8 Å². The minimum absolute atomic E-state index is 0.131. The SMILES string of the molecule is NC(=O)C1CCCN(S(=O)(=O)c2ccc3c(c2)OCCO3)C1. The highest BCUT2D eigenvalue weighted by Crippen LogP contribution is 2.34. The number of hydrogen-bond acceptors (Lipinski definition) is 5. The molecule has 8 heteroatoms. The van der Waals surface area contributed by atoms with Gasteiger partial charge in [-0.1, -0.05) is 0 Å². The summed E-state index contributed by atoms with van der Waals surface area (Å²) in [4.78, 5) is 11.5. The topological polar surface area (TPSA) is 98.9 Å². The number of ether oxygens (including phenoxy) is 2. The minimum Gasteiger partial charge on any atom is -0.486 e. The highest BCUT2D eigenvalue weighted by Gasteiger charge is 2.33. The van der Waals surface area contributed by atoms with Gasteiger partial charge in [0.05, 0.1) is 10.8 Å². The maximum absolute atomic E-state index is 12.7. The first-order chi connectivity index (χ1) is 10.5. The summed E-state index contributed by atoms with van der Waals surface area (Å²) in [5.41, 5.74) is 5.31. The molecule has 0 aromatic heterocycles. The van der Waals surface area contributed by atoms with Crippen molar-refractivity contribution in [1.29, 1.82) is 0 Å². The molecule has 120 valence electrons. The van der Waals surface area contributed by atoms with Gasteiger partial charge in [-0.15, -0.1) is 0 Å². The second kappa shape index (κ2) is 5.77. The molecule has 1 aromatic rings. The van der Waals surface area contributed by atoms with E-state index in [0.29, 0.717) is 44.1 Å². The molecule has 0 bridgehead atoms. The number of primary amides is 1. The van der Waals surface area contributed by atoms with Gasteiger partial charge in [0.25, 0.3) is 0 Å². The van der Waals surface area contributed by atoms with E-state index in [4.69, 9.17) is 15.2 Å². The first-order valence-electron chi connectivity index (χ1n) is 7.17. The van der Waals surface area contributed by atoms with Crippen molar-refractivity contribution in [2.24, 2.45) is 11.7 Å². The van der Waals surface area contributed by atoms with Crippen LogP contribution < -0.4 is 15.2 Å². The molecule has 0 radical (unpaired) electrons. The van der Waals surface area contributed by atoms with Gasteiger partial charge in [-0.3, -0.25) is 4.79 Å². The van der Waals surface area contributed by atoms with Gasteiger partial charge in [0.1, 0.15) is 13.2 Å². The molecule has 1 unspecified atom stereocenters. The number of fused-ring (bicyclic) bond motifs is 1. The lowest BCUT2D eigenvalue weighted by Crippen LogP contribution is -2.44. The number of benzene rings is 1. The molecular weight excluding hydrogens is 308 g/mol. The van der Waals surface area contributed by atoms with E-state index in [0.717, 1.165) is 0 Å². The van der Waals surface area contributed by atoms with Crippen LogP contribution in [-0.2, 0) is 14.8 Å². The zero-order valence-corrected chi connectivity index (χ0v) is 12.8. The Bertz CT molecular complexity index is 688. The van der Waals surface area contributed by atoms with Crippen LogP contribution in [0, 0.1) is 5.92 Å². The fraction of sp³-hybridized carbons (Fsp3) is 0.500. The number of carbonyl (C=O) groups is 1. The van der Waals surface area contributed by atoms with E-state index in [-0.39, 0.29) is 11.4 Å². The van der Waals surface area contributed by atoms with Crippen molar-refractivity contribution in [1.82, 2.24) is 4.31 Å². The summed E-state index contributed by atoms with van der Waals surface area (Å²) in [5, 5.41) is 0. The molecule has 7 nitrogen and oxygen atoms in total. The Morgan fingerprint density at radius 2 is 1.95 bits per heavy atom. The molecule has 1 atom stereocenters. The number of amides is 1. The molecule has 2 heterocycles. The molecule has 1 fully saturated rings. The second-order valence-electron chi connectivity index (χ2n) is 5.41. The van der Waals surface area contributed by atoms with E-state index >= 15 is 0 Å². The maximum Gasteiger partial charge on any atom is 0.243 e. The second-order valence-corrected chi connectivity index (χ2v) is 7.35. The Morgan fingerprint density at radius 3 is 2.68 bits per heavy atom. The summed E-state index contributed by atoms with van der Waals surface area (Å²) in [6.07, 6.45) is 1.25. The number of nitrogens with zero attached hydrogens (tertiary/aromatic N) is 1. The van der Waals surface area contributed by atoms with Gasteiger partial charge in [0, 0.05) is 19.2 Å². The van der Waals surface area contributed by atoms with Crippen LogP contribution in [0.25, 0.3) is 0 Å². The molecule has 22 heavy (non-hydrogen) atoms. The Balaban J connectivity index is 1.87. The van der Waals surface area contributed by atoms with Crippen molar-refractivity contribution in [3.63, 3.8) is 0 Å². The van der Waals surface area contributed by atoms with E-state index in [1.54, 1.807) is 6.07 Å². The molecule has 2 aliphatic heterocycles. The van der Waals surface area contributed by atoms with E-state index in [1.807, 2.05) is 0 Å². The van der Waals surface area contributed by atoms with Crippen LogP contribution in [-0.4, -0.2) is 44.9 Å². The van der Waals surface area contributed by atoms with Gasteiger partial charge in [-0.2, -0.15) is 4.31 Å². The lowest BCUT2D eigenvalue weighted by molar-refractivity contribution is -0.122. The number of sulfonamides is 1. The predicted molar refractivity (Wildman–Crippen MR) is 78.1 cm³/mol. The molecule has 3 rings (SSSR count). The zero-order chi connectivity index (χ0) is 15.7. The highest BCUT2D eigenvalue weighted by atomic mass is 32.2. The Hall–Kier alpha value is -1.80. The number of carbonyl (C=O) groups excluding carboxylic acids is 1. The van der Waals surface area contributed by atoms with Crippen molar-refractivity contribution in [3.8, 4) is 11.5 Å². The van der Waals surface area contributed by atoms with Crippen LogP contribution >= 0.6 is 0 Å². The van der Waals surface area contributed by atoms with Gasteiger partial charge < -0.3 is 15.2 Å². The third-order valence-corrected chi connectivity index (χ3v) is 5.80. The van der Waals surface area contributed by atoms with Crippen LogP contribution in [0.15, 0.2) is 23.1 Å². The number of piperidine rings is 1. The molecule has 2 N–H and O–H groups in total. The molecule has 1 saturated heterocycles. The molecule has 1 amide bonds. The van der Waals surface area contributed by atoms with Crippen LogP contribution in [0.3, 0.4) is 0 Å². The smallest absolute Gasteiger partial charge is 0.243 e. The number of rotatable bonds is 3. The lowest BCUT2D eigenvalue weighted by Gasteiger charge is -2.30. The summed E-state index contributed by atoms with van der Waals surface area (Å²) in [6.45, 7) is 1.36. The van der Waals surface area contributed by atoms with Crippen molar-refractivity contribution < 1.29 is 22.7 Å². The largest absolute Gasteiger partial charge is 0.486 e. The average Bonchev–Trinajstić information content (AvgIpc) is 2.54. The van der Waals surface area contributed by atoms with Crippen LogP contribution in [0.4, 0.5) is 0 Å². The Labute approximate surface area is 129 Å². The van der Waals surface area contributed by atoms with E-state index in [9.17, 15) is 13.2 Å². The summed E-state index contributed by atoms with van der Waals surface area (Å²) in [7, 11) is -3.67. The fourth-order valence-corrected chi connectivity index (χ4v) is 4.27. The quantitative estimate of drug-likeness (QED) is 0.864. The van der Waals surface area contributed by atoms with Crippen LogP contribution in [0.2, 0.25) is 0 Å². The first kappa shape index (κ1) is 15.1. The first-order valence-corrected chi connectivity index (χ1v) is 8.61. The Kier molecular flexibility index (Phi) is 3.96. The van der Waals surface area contributed by atoms with Crippen LogP contribution in [0.1, 0.15) is 12.8 Å². The molecule has 0 saturated carbocycles. The minimum atomic E-state index is -3.67. The van der Waals surface area contributed by atoms with Crippen molar-refractivity contribution in [2.45, 2.75) is 17.7 Å². The summed E-state index contributed by atoms with van der Waals surface area (Å²) >= 11 is 0. The average molecular weight is 326 g/mol. The highest BCUT2D eigenvalue weighted by molar-refractivity contribution is 7.89. The van der Waals surface area contributed by atoms with Gasteiger partial charge in [-0.05, 0) is 25.0 Å². The Morgan fingerprint density at radius 1 is 1.23 bits per heavy atom. The standard InChI is InChI=1S/C14H18N2O5S/c15-14(17)10-2-1-5-16(9-10)22(18,19)11-3-4-12-13(8-11)21-7-6-20-12/h3-4,8,10H,1-2,5-7,9H2,(H2,15,17). The van der Waals surface area contributed by atoms with Gasteiger partial charge in [-0.25, -0.2) is 8.42 Å². The van der Waals surface area contributed by atoms with Crippen molar-refractivity contribution >= 4 is 15.9 Å². The predicted octanol–water partition coefficient (Wildman–Crippen LogP) is 0.344. The van der Waals surface area contributed by atoms with Crippen molar-refractivity contribution in [2.75, 3.05) is 26.3 Å². The number of nitrogens with two attached hydrogens (primary N) is 1. The maximum atomic E-state index is 12.7. The summed E-state index contributed by atoms with van der Waals surface area (Å²) in [6, 6.07) is 4.56. The number of hydrogen-bond donors (Lipinski definition) is 1. The molecule has 0 aliphatic carbocycles. The summed E-state index contributed by atoms with van der Waals surface area (Å²) in [5.74, 6) is 0.0810. The fourth-order valence-electron chi connectivity index (χ4n) is 2.73. The monoisotopic (exact) mass is 326 g/mol. The summed E-state index contributed by atoms with van der Waals surface area (Å²) < 4.78 is 37.6. The molecular formula is C14H18N2O5S. The van der Waals surface area contributed by atoms with Crippen molar-refractivity contribution in [3.05, 3.63) is 18.2 Å². The van der Waals surface area contributed by atoms with Gasteiger partial charge in [0.2, 0.25) is 15.9 Å². The van der Waals surface area contributed by atoms with Gasteiger partial charge >= 0.3 is 0 Å². The normalized spacial score (nSPS) is 22.3. The molecule has 1 aromatic carbocycles. The third kappa shape index (κ3) is 2.76. The molecule has 2 aliphatic rings.